The molecule has 82 valence electrons. The molecule has 0 aromatic carbocycles. The molecule has 0 bridgehead atoms. The maximum atomic E-state index is 11.7. The number of rotatable bonds is 5. The average Bonchev–Trinajstić information content (AvgIpc) is 2.15. The van der Waals surface area contributed by atoms with Gasteiger partial charge in [-0.1, -0.05) is 0 Å². The lowest BCUT2D eigenvalue weighted by Crippen LogP contribution is -2.42. The zero-order valence-electron chi connectivity index (χ0n) is 9.21. The van der Waals surface area contributed by atoms with Crippen LogP contribution in [0.3, 0.4) is 0 Å². The fourth-order valence-corrected chi connectivity index (χ4v) is 1.12. The Morgan fingerprint density at radius 2 is 1.86 bits per heavy atom. The van der Waals surface area contributed by atoms with Crippen molar-refractivity contribution in [2.75, 3.05) is 26.7 Å². The summed E-state index contributed by atoms with van der Waals surface area (Å²) < 4.78 is 0. The molecule has 0 aromatic heterocycles. The van der Waals surface area contributed by atoms with E-state index in [1.165, 1.54) is 0 Å². The molecule has 0 fully saturated rings. The van der Waals surface area contributed by atoms with Crippen LogP contribution in [0.25, 0.3) is 0 Å². The first-order valence-electron chi connectivity index (χ1n) is 4.85. The molecule has 0 saturated carbocycles. The van der Waals surface area contributed by atoms with Gasteiger partial charge in [-0.3, -0.25) is 5.41 Å². The van der Waals surface area contributed by atoms with Gasteiger partial charge in [0.25, 0.3) is 0 Å². The highest BCUT2D eigenvalue weighted by molar-refractivity contribution is 5.78. The lowest BCUT2D eigenvalue weighted by molar-refractivity contribution is 0.169. The second-order valence-electron chi connectivity index (χ2n) is 3.15. The van der Waals surface area contributed by atoms with Gasteiger partial charge in [0, 0.05) is 33.1 Å². The minimum atomic E-state index is -0.00347. The molecule has 0 spiro atoms. The summed E-state index contributed by atoms with van der Waals surface area (Å²) in [6.07, 6.45) is 0.434. The highest BCUT2D eigenvalue weighted by atomic mass is 16.2. The Hall–Kier alpha value is -1.26. The number of nitrogens with two attached hydrogens (primary N) is 1. The van der Waals surface area contributed by atoms with Crippen molar-refractivity contribution >= 4 is 11.9 Å². The van der Waals surface area contributed by atoms with Crippen molar-refractivity contribution in [3.8, 4) is 0 Å². The summed E-state index contributed by atoms with van der Waals surface area (Å²) in [5, 5.41) is 7.05. The Balaban J connectivity index is 4.03. The van der Waals surface area contributed by atoms with Crippen LogP contribution in [0.5, 0.6) is 0 Å². The van der Waals surface area contributed by atoms with E-state index in [0.29, 0.717) is 26.1 Å². The van der Waals surface area contributed by atoms with Crippen LogP contribution in [-0.2, 0) is 0 Å². The van der Waals surface area contributed by atoms with Gasteiger partial charge in [0.1, 0.15) is 0 Å². The summed E-state index contributed by atoms with van der Waals surface area (Å²) in [7, 11) is 1.73. The quantitative estimate of drug-likeness (QED) is 0.506. The minimum Gasteiger partial charge on any atom is -0.388 e. The fraction of sp³-hybridized carbons (Fsp3) is 0.778. The summed E-state index contributed by atoms with van der Waals surface area (Å²) >= 11 is 0. The van der Waals surface area contributed by atoms with E-state index in [-0.39, 0.29) is 11.9 Å². The molecule has 0 heterocycles. The Bertz CT molecular complexity index is 201. The molecule has 0 aromatic rings. The van der Waals surface area contributed by atoms with E-state index in [1.807, 2.05) is 13.8 Å². The van der Waals surface area contributed by atoms with Crippen LogP contribution in [0.15, 0.2) is 0 Å². The Kier molecular flexibility index (Phi) is 5.67. The van der Waals surface area contributed by atoms with Crippen LogP contribution in [0, 0.1) is 5.41 Å². The number of amides is 2. The van der Waals surface area contributed by atoms with Crippen molar-refractivity contribution in [2.45, 2.75) is 20.3 Å². The first-order chi connectivity index (χ1) is 6.52. The summed E-state index contributed by atoms with van der Waals surface area (Å²) in [4.78, 5) is 15.0. The molecule has 0 aliphatic rings. The molecule has 5 heteroatoms. The van der Waals surface area contributed by atoms with E-state index in [0.717, 1.165) is 0 Å². The van der Waals surface area contributed by atoms with Crippen LogP contribution in [0.1, 0.15) is 20.3 Å². The zero-order chi connectivity index (χ0) is 11.1. The first-order valence-corrected chi connectivity index (χ1v) is 4.85. The van der Waals surface area contributed by atoms with Crippen LogP contribution in [0.2, 0.25) is 0 Å². The minimum absolute atomic E-state index is 0.00347. The molecule has 0 aliphatic heterocycles. The van der Waals surface area contributed by atoms with Crippen molar-refractivity contribution in [2.24, 2.45) is 5.73 Å². The molecule has 5 nitrogen and oxygen atoms in total. The molecule has 0 saturated heterocycles. The number of nitrogens with one attached hydrogen (secondary N) is 1. The summed E-state index contributed by atoms with van der Waals surface area (Å²) in [5.74, 6) is 0.115. The Labute approximate surface area is 85.4 Å². The SMILES string of the molecule is CCN(CC)C(=O)N(C)CCC(=N)N. The number of amidine groups is 1. The van der Waals surface area contributed by atoms with Gasteiger partial charge < -0.3 is 15.5 Å². The molecule has 0 atom stereocenters. The predicted molar refractivity (Wildman–Crippen MR) is 57.5 cm³/mol. The third-order valence-corrected chi connectivity index (χ3v) is 2.08. The molecule has 0 radical (unpaired) electrons. The van der Waals surface area contributed by atoms with Crippen molar-refractivity contribution in [1.82, 2.24) is 9.80 Å². The number of carbonyl (C=O) groups is 1. The molecular formula is C9H20N4O. The summed E-state index contributed by atoms with van der Waals surface area (Å²) in [5.41, 5.74) is 5.21. The van der Waals surface area contributed by atoms with Gasteiger partial charge in [0.2, 0.25) is 0 Å². The standard InChI is InChI=1S/C9H20N4O/c1-4-13(5-2)9(14)12(3)7-6-8(10)11/h4-7H2,1-3H3,(H3,10,11). The maximum absolute atomic E-state index is 11.7. The Morgan fingerprint density at radius 1 is 1.36 bits per heavy atom. The van der Waals surface area contributed by atoms with Crippen LogP contribution in [0.4, 0.5) is 4.79 Å². The molecule has 0 rings (SSSR count). The second kappa shape index (κ2) is 6.23. The van der Waals surface area contributed by atoms with Gasteiger partial charge >= 0.3 is 6.03 Å². The predicted octanol–water partition coefficient (Wildman–Crippen LogP) is 0.706. The van der Waals surface area contributed by atoms with Gasteiger partial charge in [0.15, 0.2) is 0 Å². The van der Waals surface area contributed by atoms with E-state index in [1.54, 1.807) is 16.8 Å². The Morgan fingerprint density at radius 3 is 2.21 bits per heavy atom. The highest BCUT2D eigenvalue weighted by Crippen LogP contribution is 1.97. The van der Waals surface area contributed by atoms with Gasteiger partial charge in [-0.2, -0.15) is 0 Å². The topological polar surface area (TPSA) is 73.4 Å². The van der Waals surface area contributed by atoms with Gasteiger partial charge in [-0.15, -0.1) is 0 Å². The normalized spacial score (nSPS) is 9.64. The number of nitrogens with zero attached hydrogens (tertiary/aromatic N) is 2. The highest BCUT2D eigenvalue weighted by Gasteiger charge is 2.14. The van der Waals surface area contributed by atoms with Gasteiger partial charge in [-0.05, 0) is 13.8 Å². The second-order valence-corrected chi connectivity index (χ2v) is 3.15. The van der Waals surface area contributed by atoms with Crippen molar-refractivity contribution < 1.29 is 4.79 Å². The van der Waals surface area contributed by atoms with E-state index >= 15 is 0 Å². The first kappa shape index (κ1) is 12.7. The number of hydrogen-bond donors (Lipinski definition) is 2. The summed E-state index contributed by atoms with van der Waals surface area (Å²) in [6.45, 7) is 5.81. The zero-order valence-corrected chi connectivity index (χ0v) is 9.21. The van der Waals surface area contributed by atoms with E-state index in [4.69, 9.17) is 11.1 Å². The molecule has 0 unspecified atom stereocenters. The molecule has 14 heavy (non-hydrogen) atoms. The smallest absolute Gasteiger partial charge is 0.319 e. The van der Waals surface area contributed by atoms with Crippen LogP contribution < -0.4 is 5.73 Å². The van der Waals surface area contributed by atoms with Gasteiger partial charge in [-0.25, -0.2) is 4.79 Å². The van der Waals surface area contributed by atoms with Crippen LogP contribution >= 0.6 is 0 Å². The third-order valence-electron chi connectivity index (χ3n) is 2.08. The van der Waals surface area contributed by atoms with Crippen molar-refractivity contribution in [1.29, 1.82) is 5.41 Å². The van der Waals surface area contributed by atoms with E-state index in [9.17, 15) is 4.79 Å². The third kappa shape index (κ3) is 4.11. The summed E-state index contributed by atoms with van der Waals surface area (Å²) in [6, 6.07) is -0.00347. The largest absolute Gasteiger partial charge is 0.388 e. The lowest BCUT2D eigenvalue weighted by Gasteiger charge is -2.25. The molecule has 2 amide bonds. The van der Waals surface area contributed by atoms with E-state index < -0.39 is 0 Å². The number of hydrogen-bond acceptors (Lipinski definition) is 2. The van der Waals surface area contributed by atoms with E-state index in [2.05, 4.69) is 0 Å². The van der Waals surface area contributed by atoms with Crippen LogP contribution in [-0.4, -0.2) is 48.3 Å². The number of urea groups is 1. The fourth-order valence-electron chi connectivity index (χ4n) is 1.12. The van der Waals surface area contributed by atoms with Crippen molar-refractivity contribution in [3.05, 3.63) is 0 Å². The maximum Gasteiger partial charge on any atom is 0.319 e. The lowest BCUT2D eigenvalue weighted by atomic mass is 10.4. The molecular weight excluding hydrogens is 180 g/mol. The monoisotopic (exact) mass is 200 g/mol. The van der Waals surface area contributed by atoms with Gasteiger partial charge in [0.05, 0.1) is 5.84 Å². The molecule has 0 aliphatic carbocycles. The number of carbonyl (C=O) groups excluding carboxylic acids is 1. The molecule has 3 N–H and O–H groups in total. The average molecular weight is 200 g/mol. The van der Waals surface area contributed by atoms with Crippen molar-refractivity contribution in [3.63, 3.8) is 0 Å².